The molecular weight excluding hydrogens is 391 g/mol. The van der Waals surface area contributed by atoms with E-state index in [1.165, 1.54) is 16.4 Å². The highest BCUT2D eigenvalue weighted by Gasteiger charge is 2.29. The summed E-state index contributed by atoms with van der Waals surface area (Å²) in [5.74, 6) is -0.464. The van der Waals surface area contributed by atoms with Gasteiger partial charge in [0.1, 0.15) is 5.82 Å². The van der Waals surface area contributed by atoms with Crippen LogP contribution in [-0.4, -0.2) is 68.2 Å². The van der Waals surface area contributed by atoms with E-state index in [1.807, 2.05) is 22.4 Å². The van der Waals surface area contributed by atoms with Crippen LogP contribution >= 0.6 is 11.3 Å². The lowest BCUT2D eigenvalue weighted by Crippen LogP contribution is -2.50. The van der Waals surface area contributed by atoms with Gasteiger partial charge in [-0.15, -0.1) is 11.3 Å². The van der Waals surface area contributed by atoms with Gasteiger partial charge in [0.05, 0.1) is 24.2 Å². The zero-order valence-corrected chi connectivity index (χ0v) is 16.5. The van der Waals surface area contributed by atoms with Crippen molar-refractivity contribution >= 4 is 21.4 Å². The third kappa shape index (κ3) is 5.56. The molecule has 2 heterocycles. The average molecular weight is 415 g/mol. The number of aliphatic hydroxyl groups excluding tert-OH is 1. The summed E-state index contributed by atoms with van der Waals surface area (Å²) in [6, 6.07) is 8.81. The summed E-state index contributed by atoms with van der Waals surface area (Å²) >= 11 is 1.61. The Morgan fingerprint density at radius 3 is 2.48 bits per heavy atom. The summed E-state index contributed by atoms with van der Waals surface area (Å²) in [6.45, 7) is 2.90. The van der Waals surface area contributed by atoms with Crippen molar-refractivity contribution in [3.05, 3.63) is 52.5 Å². The molecule has 27 heavy (non-hydrogen) atoms. The summed E-state index contributed by atoms with van der Waals surface area (Å²) < 4.78 is 45.1. The molecule has 1 saturated heterocycles. The van der Waals surface area contributed by atoms with Crippen LogP contribution in [0.4, 0.5) is 4.39 Å². The lowest BCUT2D eigenvalue weighted by Gasteiger charge is -2.34. The topological polar surface area (TPSA) is 70.1 Å². The fraction of sp³-hybridized carbons (Fsp3) is 0.444. The second kappa shape index (κ2) is 9.22. The summed E-state index contributed by atoms with van der Waals surface area (Å²) in [5.41, 5.74) is 0. The van der Waals surface area contributed by atoms with Crippen LogP contribution in [0.2, 0.25) is 0 Å². The molecule has 3 rings (SSSR count). The molecule has 1 fully saturated rings. The molecule has 148 valence electrons. The molecule has 1 atom stereocenters. The smallest absolute Gasteiger partial charge is 0.243 e. The van der Waals surface area contributed by atoms with Crippen LogP contribution in [0.25, 0.3) is 0 Å². The first-order valence-corrected chi connectivity index (χ1v) is 11.0. The van der Waals surface area contributed by atoms with E-state index < -0.39 is 21.9 Å². The zero-order chi connectivity index (χ0) is 19.3. The van der Waals surface area contributed by atoms with Crippen molar-refractivity contribution in [2.75, 3.05) is 39.3 Å². The molecule has 1 aliphatic heterocycles. The number of rotatable bonds is 8. The van der Waals surface area contributed by atoms with Gasteiger partial charge in [-0.3, -0.25) is 4.90 Å². The predicted molar refractivity (Wildman–Crippen MR) is 102 cm³/mol. The van der Waals surface area contributed by atoms with E-state index in [0.29, 0.717) is 39.3 Å². The summed E-state index contributed by atoms with van der Waals surface area (Å²) in [5, 5.41) is 12.1. The van der Waals surface area contributed by atoms with Gasteiger partial charge in [-0.2, -0.15) is 4.31 Å². The van der Waals surface area contributed by atoms with Gasteiger partial charge in [0.2, 0.25) is 10.0 Å². The van der Waals surface area contributed by atoms with Crippen molar-refractivity contribution in [3.8, 4) is 0 Å². The normalized spacial score (nSPS) is 17.9. The van der Waals surface area contributed by atoms with Crippen molar-refractivity contribution < 1.29 is 22.7 Å². The third-order valence-electron chi connectivity index (χ3n) is 4.39. The minimum atomic E-state index is -3.62. The summed E-state index contributed by atoms with van der Waals surface area (Å²) in [6.07, 6.45) is -0.620. The number of piperazine rings is 1. The van der Waals surface area contributed by atoms with Gasteiger partial charge in [-0.1, -0.05) is 6.07 Å². The largest absolute Gasteiger partial charge is 0.389 e. The lowest BCUT2D eigenvalue weighted by atomic mass is 10.3. The molecule has 0 bridgehead atoms. The molecule has 0 radical (unpaired) electrons. The summed E-state index contributed by atoms with van der Waals surface area (Å²) in [7, 11) is -3.62. The van der Waals surface area contributed by atoms with Crippen molar-refractivity contribution in [2.45, 2.75) is 17.6 Å². The molecule has 0 amide bonds. The molecule has 1 N–H and O–H groups in total. The van der Waals surface area contributed by atoms with Crippen molar-refractivity contribution in [1.29, 1.82) is 0 Å². The highest BCUT2D eigenvalue weighted by Crippen LogP contribution is 2.18. The van der Waals surface area contributed by atoms with Crippen molar-refractivity contribution in [3.63, 3.8) is 0 Å². The molecule has 0 unspecified atom stereocenters. The molecule has 1 aromatic heterocycles. The number of hydrogen-bond donors (Lipinski definition) is 1. The fourth-order valence-electron chi connectivity index (χ4n) is 2.95. The van der Waals surface area contributed by atoms with E-state index in [4.69, 9.17) is 4.74 Å². The molecule has 1 aromatic carbocycles. The maximum atomic E-state index is 13.0. The summed E-state index contributed by atoms with van der Waals surface area (Å²) in [4.78, 5) is 3.23. The molecule has 6 nitrogen and oxygen atoms in total. The maximum absolute atomic E-state index is 13.0. The van der Waals surface area contributed by atoms with Crippen LogP contribution in [0.3, 0.4) is 0 Å². The first-order valence-electron chi connectivity index (χ1n) is 8.71. The number of hydrogen-bond acceptors (Lipinski definition) is 6. The quantitative estimate of drug-likeness (QED) is 0.713. The second-order valence-electron chi connectivity index (χ2n) is 6.41. The minimum absolute atomic E-state index is 0.0966. The number of nitrogens with zero attached hydrogens (tertiary/aromatic N) is 2. The van der Waals surface area contributed by atoms with E-state index >= 15 is 0 Å². The molecule has 0 spiro atoms. The molecule has 1 aliphatic rings. The highest BCUT2D eigenvalue weighted by atomic mass is 32.2. The first-order chi connectivity index (χ1) is 12.9. The number of ether oxygens (including phenoxy) is 1. The Balaban J connectivity index is 1.43. The van der Waals surface area contributed by atoms with Crippen LogP contribution in [-0.2, 0) is 21.4 Å². The third-order valence-corrected chi connectivity index (χ3v) is 7.15. The number of halogens is 1. The highest BCUT2D eigenvalue weighted by molar-refractivity contribution is 7.89. The van der Waals surface area contributed by atoms with E-state index in [2.05, 4.69) is 0 Å². The lowest BCUT2D eigenvalue weighted by molar-refractivity contribution is 0.00611. The Hall–Kier alpha value is -1.36. The van der Waals surface area contributed by atoms with Gasteiger partial charge in [0.25, 0.3) is 0 Å². The van der Waals surface area contributed by atoms with Crippen LogP contribution in [0.1, 0.15) is 4.88 Å². The van der Waals surface area contributed by atoms with Crippen LogP contribution in [0, 0.1) is 5.82 Å². The Kier molecular flexibility index (Phi) is 6.96. The zero-order valence-electron chi connectivity index (χ0n) is 14.8. The Labute approximate surface area is 162 Å². The Bertz CT molecular complexity index is 804. The van der Waals surface area contributed by atoms with E-state index in [9.17, 15) is 17.9 Å². The first kappa shape index (κ1) is 20.4. The molecule has 2 aromatic rings. The number of β-amino-alcohol motifs (C(OH)–C–C–N with tert-alkyl or cyclic N) is 1. The van der Waals surface area contributed by atoms with E-state index in [1.54, 1.807) is 11.3 Å². The average Bonchev–Trinajstić information content (AvgIpc) is 3.16. The van der Waals surface area contributed by atoms with E-state index in [-0.39, 0.29) is 11.5 Å². The van der Waals surface area contributed by atoms with Crippen molar-refractivity contribution in [2.24, 2.45) is 0 Å². The molecule has 0 saturated carbocycles. The fourth-order valence-corrected chi connectivity index (χ4v) is 5.01. The SMILES string of the molecule is O=S(=O)(c1ccc(F)cc1)N1CCN(C[C@H](O)COCc2cccs2)CC1. The van der Waals surface area contributed by atoms with Gasteiger partial charge < -0.3 is 9.84 Å². The monoisotopic (exact) mass is 414 g/mol. The Morgan fingerprint density at radius 1 is 1.15 bits per heavy atom. The van der Waals surface area contributed by atoms with Crippen LogP contribution in [0.15, 0.2) is 46.7 Å². The number of benzene rings is 1. The number of sulfonamides is 1. The minimum Gasteiger partial charge on any atom is -0.389 e. The van der Waals surface area contributed by atoms with Crippen LogP contribution in [0.5, 0.6) is 0 Å². The number of aliphatic hydroxyl groups is 1. The molecular formula is C18H23FN2O4S2. The molecule has 0 aliphatic carbocycles. The Morgan fingerprint density at radius 2 is 1.85 bits per heavy atom. The van der Waals surface area contributed by atoms with Gasteiger partial charge in [0, 0.05) is 37.6 Å². The molecule has 9 heteroatoms. The van der Waals surface area contributed by atoms with Gasteiger partial charge in [-0.05, 0) is 35.7 Å². The van der Waals surface area contributed by atoms with Gasteiger partial charge in [0.15, 0.2) is 0 Å². The van der Waals surface area contributed by atoms with E-state index in [0.717, 1.165) is 17.0 Å². The maximum Gasteiger partial charge on any atom is 0.243 e. The van der Waals surface area contributed by atoms with Crippen molar-refractivity contribution in [1.82, 2.24) is 9.21 Å². The second-order valence-corrected chi connectivity index (χ2v) is 9.38. The number of thiophene rings is 1. The predicted octanol–water partition coefficient (Wildman–Crippen LogP) is 1.77. The standard InChI is InChI=1S/C18H23FN2O4S2/c19-15-3-5-18(6-4-15)27(23,24)21-9-7-20(8-10-21)12-16(22)13-25-14-17-2-1-11-26-17/h1-6,11,16,22H,7-10,12-14H2/t16-/m0/s1. The van der Waals surface area contributed by atoms with Gasteiger partial charge in [-0.25, -0.2) is 12.8 Å². The van der Waals surface area contributed by atoms with Gasteiger partial charge >= 0.3 is 0 Å². The van der Waals surface area contributed by atoms with Crippen LogP contribution < -0.4 is 0 Å².